The molecular formula is C20H17N4O6S-. The summed E-state index contributed by atoms with van der Waals surface area (Å²) >= 11 is 0. The Kier molecular flexibility index (Phi) is 4.82. The van der Waals surface area contributed by atoms with Crippen molar-refractivity contribution >= 4 is 32.6 Å². The third-order valence-corrected chi connectivity index (χ3v) is 6.10. The van der Waals surface area contributed by atoms with E-state index in [0.717, 1.165) is 17.8 Å². The fourth-order valence-electron chi connectivity index (χ4n) is 3.20. The summed E-state index contributed by atoms with van der Waals surface area (Å²) in [5.74, 6) is -1.13. The Hall–Kier alpha value is -3.99. The number of nitrogens with one attached hydrogen (secondary N) is 2. The molecule has 2 heterocycles. The van der Waals surface area contributed by atoms with Gasteiger partial charge in [0.1, 0.15) is 10.5 Å². The van der Waals surface area contributed by atoms with E-state index in [1.807, 2.05) is 29.8 Å². The first-order chi connectivity index (χ1) is 14.7. The van der Waals surface area contributed by atoms with Gasteiger partial charge >= 0.3 is 5.91 Å². The number of nitrogens with zero attached hydrogens (tertiary/aromatic N) is 2. The van der Waals surface area contributed by atoms with E-state index >= 15 is 0 Å². The van der Waals surface area contributed by atoms with E-state index < -0.39 is 20.8 Å². The van der Waals surface area contributed by atoms with E-state index in [4.69, 9.17) is 4.42 Å². The van der Waals surface area contributed by atoms with E-state index in [0.29, 0.717) is 11.0 Å². The number of hydrogen-bond acceptors (Lipinski definition) is 7. The zero-order valence-corrected chi connectivity index (χ0v) is 17.3. The Labute approximate surface area is 176 Å². The molecule has 1 aromatic heterocycles. The van der Waals surface area contributed by atoms with Crippen molar-refractivity contribution in [1.29, 1.82) is 0 Å². The molecule has 2 N–H and O–H groups in total. The summed E-state index contributed by atoms with van der Waals surface area (Å²) in [4.78, 5) is 16.3. The summed E-state index contributed by atoms with van der Waals surface area (Å²) in [6.07, 6.45) is 1.44. The molecule has 11 heteroatoms. The molecule has 0 radical (unpaired) electrons. The highest BCUT2D eigenvalue weighted by atomic mass is 32.2. The molecular weight excluding hydrogens is 424 g/mol. The van der Waals surface area contributed by atoms with Crippen molar-refractivity contribution in [2.24, 2.45) is 0 Å². The number of hydrogen-bond donors (Lipinski definition) is 2. The van der Waals surface area contributed by atoms with Gasteiger partial charge in [0, 0.05) is 43.5 Å². The van der Waals surface area contributed by atoms with Crippen molar-refractivity contribution < 1.29 is 17.6 Å². The maximum Gasteiger partial charge on any atom is 0.300 e. The van der Waals surface area contributed by atoms with Crippen LogP contribution >= 0.6 is 0 Å². The minimum Gasteiger partial charge on any atom is -0.612 e. The lowest BCUT2D eigenvalue weighted by molar-refractivity contribution is 0.0956. The molecule has 0 unspecified atom stereocenters. The summed E-state index contributed by atoms with van der Waals surface area (Å²) in [5.41, 5.74) is 1.40. The molecule has 31 heavy (non-hydrogen) atoms. The van der Waals surface area contributed by atoms with Crippen LogP contribution in [0, 0.1) is 10.4 Å². The maximum atomic E-state index is 12.9. The standard InChI is InChI=1S/C20H17N4O6S/c1-23(2)13-6-5-12-10-17(30-16(12)11-13)20(25)22-31(28,29)18-8-7-15(24(26)27)14-4-3-9-21-19(14)18/h3-11,21H,1-2H3,(H-,22,25,26,27)/q-1. The highest BCUT2D eigenvalue weighted by molar-refractivity contribution is 7.90. The lowest BCUT2D eigenvalue weighted by Gasteiger charge is -2.13. The van der Waals surface area contributed by atoms with Gasteiger partial charge in [0.15, 0.2) is 5.76 Å². The summed E-state index contributed by atoms with van der Waals surface area (Å²) in [5, 5.41) is 22.9. The van der Waals surface area contributed by atoms with E-state index in [2.05, 4.69) is 4.98 Å². The van der Waals surface area contributed by atoms with Crippen LogP contribution in [-0.2, 0) is 10.0 Å². The molecule has 1 aromatic carbocycles. The van der Waals surface area contributed by atoms with Crippen LogP contribution in [-0.4, -0.2) is 33.4 Å². The average Bonchev–Trinajstić information content (AvgIpc) is 3.16. The molecule has 0 saturated carbocycles. The molecule has 0 bridgehead atoms. The van der Waals surface area contributed by atoms with E-state index in [1.54, 1.807) is 12.1 Å². The molecule has 2 aliphatic rings. The van der Waals surface area contributed by atoms with Gasteiger partial charge in [-0.15, -0.1) is 0 Å². The molecule has 1 aliphatic carbocycles. The van der Waals surface area contributed by atoms with Crippen LogP contribution in [0.3, 0.4) is 0 Å². The van der Waals surface area contributed by atoms with Crippen molar-refractivity contribution in [3.8, 4) is 11.3 Å². The number of carbonyl (C=O) groups excluding carboxylic acids is 1. The van der Waals surface area contributed by atoms with Crippen LogP contribution in [0.15, 0.2) is 64.0 Å². The minimum atomic E-state index is -4.36. The fraction of sp³-hybridized carbons (Fsp3) is 0.100. The van der Waals surface area contributed by atoms with Gasteiger partial charge in [0.2, 0.25) is 5.36 Å². The Morgan fingerprint density at radius 3 is 2.61 bits per heavy atom. The monoisotopic (exact) mass is 441 g/mol. The number of aromatic amines is 1. The quantitative estimate of drug-likeness (QED) is 0.460. The average molecular weight is 441 g/mol. The van der Waals surface area contributed by atoms with Crippen molar-refractivity contribution in [1.82, 2.24) is 14.6 Å². The summed E-state index contributed by atoms with van der Waals surface area (Å²) < 4.78 is 33.3. The highest BCUT2D eigenvalue weighted by Gasteiger charge is 2.27. The second kappa shape index (κ2) is 7.36. The van der Waals surface area contributed by atoms with Crippen molar-refractivity contribution in [3.05, 3.63) is 76.3 Å². The third-order valence-electron chi connectivity index (χ3n) is 4.73. The zero-order chi connectivity index (χ0) is 22.3. The molecule has 1 amide bonds. The Morgan fingerprint density at radius 2 is 1.90 bits per heavy atom. The van der Waals surface area contributed by atoms with Gasteiger partial charge in [-0.1, -0.05) is 0 Å². The molecule has 160 valence electrons. The van der Waals surface area contributed by atoms with Gasteiger partial charge < -0.3 is 24.7 Å². The van der Waals surface area contributed by atoms with Crippen LogP contribution in [0.5, 0.6) is 0 Å². The highest BCUT2D eigenvalue weighted by Crippen LogP contribution is 2.26. The van der Waals surface area contributed by atoms with Crippen LogP contribution in [0.2, 0.25) is 0 Å². The normalized spacial score (nSPS) is 11.5. The Bertz CT molecular complexity index is 1450. The van der Waals surface area contributed by atoms with Crippen molar-refractivity contribution in [3.63, 3.8) is 0 Å². The predicted octanol–water partition coefficient (Wildman–Crippen LogP) is 1.82. The van der Waals surface area contributed by atoms with Gasteiger partial charge in [-0.3, -0.25) is 4.79 Å². The van der Waals surface area contributed by atoms with Gasteiger partial charge in [0.25, 0.3) is 10.0 Å². The number of anilines is 1. The van der Waals surface area contributed by atoms with Crippen LogP contribution in [0.25, 0.3) is 22.2 Å². The number of rotatable bonds is 4. The third kappa shape index (κ3) is 3.66. The summed E-state index contributed by atoms with van der Waals surface area (Å²) in [6, 6.07) is 11.9. The zero-order valence-electron chi connectivity index (χ0n) is 16.4. The van der Waals surface area contributed by atoms with E-state index in [9.17, 15) is 23.6 Å². The van der Waals surface area contributed by atoms with E-state index in [1.165, 1.54) is 24.4 Å². The summed E-state index contributed by atoms with van der Waals surface area (Å²) in [7, 11) is -0.643. The first-order valence-corrected chi connectivity index (χ1v) is 10.5. The second-order valence-electron chi connectivity index (χ2n) is 6.96. The fourth-order valence-corrected chi connectivity index (χ4v) is 4.34. The molecule has 0 atom stereocenters. The molecule has 0 saturated heterocycles. The lowest BCUT2D eigenvalue weighted by Crippen LogP contribution is -2.32. The van der Waals surface area contributed by atoms with Gasteiger partial charge in [-0.05, 0) is 36.4 Å². The molecule has 1 aliphatic heterocycles. The topological polar surface area (TPSA) is 145 Å². The Balaban J connectivity index is 1.71. The predicted molar refractivity (Wildman–Crippen MR) is 115 cm³/mol. The Morgan fingerprint density at radius 1 is 1.13 bits per heavy atom. The van der Waals surface area contributed by atoms with Gasteiger partial charge in [-0.25, -0.2) is 13.1 Å². The van der Waals surface area contributed by atoms with Crippen LogP contribution < -0.4 is 19.9 Å². The molecule has 4 rings (SSSR count). The SMILES string of the molecule is CN(C)c1ccc2cc(C(=O)NS(=O)(=O)c3ccc(=[N+]([O-])[O-])c4ccc[nH]c3-4)oc2c1. The number of aromatic nitrogens is 1. The number of fused-ring (bicyclic) bond motifs is 2. The van der Waals surface area contributed by atoms with E-state index in [-0.39, 0.29) is 27.3 Å². The van der Waals surface area contributed by atoms with Crippen molar-refractivity contribution in [2.75, 3.05) is 19.0 Å². The minimum absolute atomic E-state index is 0.0113. The number of carbonyl (C=O) groups is 1. The van der Waals surface area contributed by atoms with Crippen molar-refractivity contribution in [2.45, 2.75) is 4.90 Å². The number of sulfonamides is 1. The molecule has 2 aromatic rings. The number of amides is 1. The maximum absolute atomic E-state index is 12.9. The number of furan rings is 1. The largest absolute Gasteiger partial charge is 0.612 e. The summed E-state index contributed by atoms with van der Waals surface area (Å²) in [6.45, 7) is 0. The molecule has 0 fully saturated rings. The lowest BCUT2D eigenvalue weighted by atomic mass is 10.1. The first kappa shape index (κ1) is 20.3. The van der Waals surface area contributed by atoms with Gasteiger partial charge in [0.05, 0.1) is 11.3 Å². The smallest absolute Gasteiger partial charge is 0.300 e. The molecule has 0 spiro atoms. The van der Waals surface area contributed by atoms with Crippen LogP contribution in [0.4, 0.5) is 5.69 Å². The number of benzene rings is 2. The molecule has 10 nitrogen and oxygen atoms in total. The number of H-pyrrole nitrogens is 1. The van der Waals surface area contributed by atoms with Crippen LogP contribution in [0.1, 0.15) is 10.6 Å². The second-order valence-corrected chi connectivity index (χ2v) is 8.61. The first-order valence-electron chi connectivity index (χ1n) is 9.03. The number of pyridine rings is 1. The van der Waals surface area contributed by atoms with Gasteiger partial charge in [-0.2, -0.15) is 4.90 Å².